The monoisotopic (exact) mass is 356 g/mol. The first-order valence-corrected chi connectivity index (χ1v) is 8.93. The van der Waals surface area contributed by atoms with Gasteiger partial charge in [-0.05, 0) is 26.3 Å². The third-order valence-corrected chi connectivity index (χ3v) is 4.26. The number of rotatable bonds is 7. The fraction of sp³-hybridized carbons (Fsp3) is 0.421. The Labute approximate surface area is 153 Å². The van der Waals surface area contributed by atoms with Gasteiger partial charge in [-0.2, -0.15) is 10.1 Å². The second-order valence-corrected chi connectivity index (χ2v) is 6.05. The molecule has 1 aromatic carbocycles. The van der Waals surface area contributed by atoms with E-state index in [1.165, 1.54) is 6.33 Å². The normalized spacial score (nSPS) is 16.0. The Kier molecular flexibility index (Phi) is 5.55. The minimum atomic E-state index is -0.453. The molecule has 1 aliphatic heterocycles. The molecule has 2 heterocycles. The lowest BCUT2D eigenvalue weighted by molar-refractivity contribution is -0.139. The molecule has 0 spiro atoms. The predicted molar refractivity (Wildman–Crippen MR) is 98.0 cm³/mol. The van der Waals surface area contributed by atoms with Gasteiger partial charge in [0.1, 0.15) is 18.1 Å². The van der Waals surface area contributed by atoms with E-state index in [9.17, 15) is 4.79 Å². The summed E-state index contributed by atoms with van der Waals surface area (Å²) in [6.45, 7) is 6.77. The number of anilines is 1. The summed E-state index contributed by atoms with van der Waals surface area (Å²) in [5.74, 6) is 0.958. The second-order valence-electron chi connectivity index (χ2n) is 6.05. The first-order chi connectivity index (χ1) is 12.7. The van der Waals surface area contributed by atoms with Crippen LogP contribution in [0.2, 0.25) is 0 Å². The van der Waals surface area contributed by atoms with Crippen molar-refractivity contribution >= 4 is 11.9 Å². The van der Waals surface area contributed by atoms with Crippen LogP contribution in [0.3, 0.4) is 0 Å². The number of fused-ring (bicyclic) bond motifs is 1. The van der Waals surface area contributed by atoms with Gasteiger partial charge in [0.25, 0.3) is 0 Å². The van der Waals surface area contributed by atoms with Gasteiger partial charge in [-0.25, -0.2) is 9.48 Å². The highest BCUT2D eigenvalue weighted by atomic mass is 16.5. The SMILES string of the molecule is CCCCOC(=O)C1=C(C)Nc2ncnn2C1c1ccccc1OCC. The summed E-state index contributed by atoms with van der Waals surface area (Å²) in [7, 11) is 0. The molecule has 0 fully saturated rings. The molecule has 138 valence electrons. The number of aromatic nitrogens is 3. The van der Waals surface area contributed by atoms with Crippen LogP contribution in [0, 0.1) is 0 Å². The molecule has 1 N–H and O–H groups in total. The van der Waals surface area contributed by atoms with Gasteiger partial charge in [-0.15, -0.1) is 0 Å². The van der Waals surface area contributed by atoms with Gasteiger partial charge in [0.2, 0.25) is 5.95 Å². The summed E-state index contributed by atoms with van der Waals surface area (Å²) in [5, 5.41) is 7.46. The summed E-state index contributed by atoms with van der Waals surface area (Å²) < 4.78 is 13.0. The average molecular weight is 356 g/mol. The molecule has 0 saturated heterocycles. The number of nitrogens with one attached hydrogen (secondary N) is 1. The Morgan fingerprint density at radius 1 is 1.31 bits per heavy atom. The van der Waals surface area contributed by atoms with Crippen molar-refractivity contribution in [2.75, 3.05) is 18.5 Å². The molecule has 3 rings (SSSR count). The highest BCUT2D eigenvalue weighted by Crippen LogP contribution is 2.39. The molecule has 0 aliphatic carbocycles. The fourth-order valence-electron chi connectivity index (χ4n) is 3.02. The summed E-state index contributed by atoms with van der Waals surface area (Å²) in [5.41, 5.74) is 2.08. The topological polar surface area (TPSA) is 78.3 Å². The van der Waals surface area contributed by atoms with Crippen molar-refractivity contribution in [3.63, 3.8) is 0 Å². The van der Waals surface area contributed by atoms with Gasteiger partial charge in [0.15, 0.2) is 0 Å². The van der Waals surface area contributed by atoms with Crippen molar-refractivity contribution in [2.24, 2.45) is 0 Å². The van der Waals surface area contributed by atoms with E-state index in [-0.39, 0.29) is 5.97 Å². The van der Waals surface area contributed by atoms with Crippen LogP contribution in [-0.2, 0) is 9.53 Å². The van der Waals surface area contributed by atoms with E-state index in [0.717, 1.165) is 24.2 Å². The van der Waals surface area contributed by atoms with Crippen LogP contribution in [0.5, 0.6) is 5.75 Å². The Balaban J connectivity index is 2.05. The number of carbonyl (C=O) groups is 1. The summed E-state index contributed by atoms with van der Waals surface area (Å²) in [6.07, 6.45) is 3.27. The average Bonchev–Trinajstić information content (AvgIpc) is 3.09. The van der Waals surface area contributed by atoms with Crippen molar-refractivity contribution in [3.8, 4) is 5.75 Å². The van der Waals surface area contributed by atoms with Crippen LogP contribution in [0.15, 0.2) is 41.9 Å². The molecular weight excluding hydrogens is 332 g/mol. The predicted octanol–water partition coefficient (Wildman–Crippen LogP) is 3.31. The van der Waals surface area contributed by atoms with Gasteiger partial charge < -0.3 is 14.8 Å². The van der Waals surface area contributed by atoms with E-state index in [1.807, 2.05) is 38.1 Å². The van der Waals surface area contributed by atoms with Crippen LogP contribution in [0.25, 0.3) is 0 Å². The smallest absolute Gasteiger partial charge is 0.338 e. The zero-order valence-electron chi connectivity index (χ0n) is 15.4. The Morgan fingerprint density at radius 2 is 2.12 bits per heavy atom. The molecule has 26 heavy (non-hydrogen) atoms. The number of para-hydroxylation sites is 1. The Bertz CT molecular complexity index is 813. The first kappa shape index (κ1) is 18.0. The minimum absolute atomic E-state index is 0.346. The molecule has 0 radical (unpaired) electrons. The third-order valence-electron chi connectivity index (χ3n) is 4.26. The molecular formula is C19H24N4O3. The Hall–Kier alpha value is -2.83. The molecule has 0 amide bonds. The molecule has 1 aliphatic rings. The van der Waals surface area contributed by atoms with Crippen molar-refractivity contribution in [1.29, 1.82) is 0 Å². The number of ether oxygens (including phenoxy) is 2. The number of carbonyl (C=O) groups excluding carboxylic acids is 1. The summed E-state index contributed by atoms with van der Waals surface area (Å²) in [6, 6.07) is 7.22. The summed E-state index contributed by atoms with van der Waals surface area (Å²) >= 11 is 0. The highest BCUT2D eigenvalue weighted by molar-refractivity contribution is 5.92. The van der Waals surface area contributed by atoms with Gasteiger partial charge in [0.05, 0.1) is 18.8 Å². The number of unbranched alkanes of at least 4 members (excludes halogenated alkanes) is 1. The maximum absolute atomic E-state index is 12.8. The van der Waals surface area contributed by atoms with E-state index in [2.05, 4.69) is 22.3 Å². The van der Waals surface area contributed by atoms with Crippen LogP contribution >= 0.6 is 0 Å². The quantitative estimate of drug-likeness (QED) is 0.606. The van der Waals surface area contributed by atoms with Gasteiger partial charge in [-0.3, -0.25) is 0 Å². The molecule has 7 heteroatoms. The first-order valence-electron chi connectivity index (χ1n) is 8.93. The van der Waals surface area contributed by atoms with Crippen molar-refractivity contribution in [3.05, 3.63) is 47.4 Å². The van der Waals surface area contributed by atoms with Crippen LogP contribution in [0.1, 0.15) is 45.2 Å². The van der Waals surface area contributed by atoms with Gasteiger partial charge >= 0.3 is 5.97 Å². The lowest BCUT2D eigenvalue weighted by atomic mass is 9.95. The fourth-order valence-corrected chi connectivity index (χ4v) is 3.02. The number of hydrogen-bond donors (Lipinski definition) is 1. The summed E-state index contributed by atoms with van der Waals surface area (Å²) in [4.78, 5) is 17.1. The molecule has 1 atom stereocenters. The maximum Gasteiger partial charge on any atom is 0.338 e. The number of hydrogen-bond acceptors (Lipinski definition) is 6. The van der Waals surface area contributed by atoms with E-state index >= 15 is 0 Å². The zero-order valence-corrected chi connectivity index (χ0v) is 15.4. The lowest BCUT2D eigenvalue weighted by Gasteiger charge is -2.29. The standard InChI is InChI=1S/C19H24N4O3/c1-4-6-11-26-18(24)16-13(3)22-19-20-12-21-23(19)17(16)14-9-7-8-10-15(14)25-5-2/h7-10,12,17H,4-6,11H2,1-3H3,(H,20,21,22). The van der Waals surface area contributed by atoms with E-state index in [1.54, 1.807) is 4.68 Å². The van der Waals surface area contributed by atoms with Crippen LogP contribution in [0.4, 0.5) is 5.95 Å². The van der Waals surface area contributed by atoms with Gasteiger partial charge in [0, 0.05) is 11.3 Å². The molecule has 1 unspecified atom stereocenters. The largest absolute Gasteiger partial charge is 0.494 e. The maximum atomic E-state index is 12.8. The van der Waals surface area contributed by atoms with E-state index in [0.29, 0.717) is 30.4 Å². The molecule has 7 nitrogen and oxygen atoms in total. The third kappa shape index (κ3) is 3.42. The molecule has 2 aromatic rings. The minimum Gasteiger partial charge on any atom is -0.494 e. The highest BCUT2D eigenvalue weighted by Gasteiger charge is 2.35. The van der Waals surface area contributed by atoms with E-state index < -0.39 is 6.04 Å². The number of allylic oxidation sites excluding steroid dienone is 1. The lowest BCUT2D eigenvalue weighted by Crippen LogP contribution is -2.30. The molecule has 0 saturated carbocycles. The number of nitrogens with zero attached hydrogens (tertiary/aromatic N) is 3. The van der Waals surface area contributed by atoms with Crippen molar-refractivity contribution in [1.82, 2.24) is 14.8 Å². The Morgan fingerprint density at radius 3 is 2.88 bits per heavy atom. The van der Waals surface area contributed by atoms with Crippen LogP contribution < -0.4 is 10.1 Å². The van der Waals surface area contributed by atoms with Gasteiger partial charge in [-0.1, -0.05) is 31.5 Å². The van der Waals surface area contributed by atoms with Crippen molar-refractivity contribution in [2.45, 2.75) is 39.7 Å². The molecule has 1 aromatic heterocycles. The number of benzene rings is 1. The van der Waals surface area contributed by atoms with Crippen LogP contribution in [-0.4, -0.2) is 33.9 Å². The van der Waals surface area contributed by atoms with E-state index in [4.69, 9.17) is 9.47 Å². The number of esters is 1. The van der Waals surface area contributed by atoms with Crippen molar-refractivity contribution < 1.29 is 14.3 Å². The second kappa shape index (κ2) is 8.03. The molecule has 0 bridgehead atoms. The zero-order chi connectivity index (χ0) is 18.5.